The summed E-state index contributed by atoms with van der Waals surface area (Å²) < 4.78 is 2.02. The molecular weight excluding hydrogens is 278 g/mol. The summed E-state index contributed by atoms with van der Waals surface area (Å²) in [5.74, 6) is 0.898. The largest absolute Gasteiger partial charge is 0.277 e. The van der Waals surface area contributed by atoms with E-state index >= 15 is 0 Å². The van der Waals surface area contributed by atoms with Gasteiger partial charge < -0.3 is 0 Å². The van der Waals surface area contributed by atoms with Crippen molar-refractivity contribution in [1.29, 1.82) is 0 Å². The van der Waals surface area contributed by atoms with Crippen LogP contribution in [0.1, 0.15) is 18.1 Å². The Hall–Kier alpha value is -2.07. The van der Waals surface area contributed by atoms with E-state index in [-0.39, 0.29) is 0 Å². The molecule has 21 heavy (non-hydrogen) atoms. The van der Waals surface area contributed by atoms with E-state index in [1.54, 1.807) is 18.1 Å². The normalized spacial score (nSPS) is 10.7. The van der Waals surface area contributed by atoms with E-state index in [9.17, 15) is 0 Å². The molecule has 0 bridgehead atoms. The van der Waals surface area contributed by atoms with Gasteiger partial charge in [-0.05, 0) is 29.7 Å². The maximum absolute atomic E-state index is 4.22. The second kappa shape index (κ2) is 6.59. The van der Waals surface area contributed by atoms with Crippen molar-refractivity contribution < 1.29 is 0 Å². The van der Waals surface area contributed by atoms with E-state index < -0.39 is 0 Å². The van der Waals surface area contributed by atoms with E-state index in [1.807, 2.05) is 22.8 Å². The van der Waals surface area contributed by atoms with Gasteiger partial charge in [0.25, 0.3) is 0 Å². The molecule has 0 spiro atoms. The quantitative estimate of drug-likeness (QED) is 0.663. The molecule has 0 aliphatic carbocycles. The van der Waals surface area contributed by atoms with Crippen LogP contribution in [-0.4, -0.2) is 14.8 Å². The highest BCUT2D eigenvalue weighted by molar-refractivity contribution is 7.98. The molecule has 0 fully saturated rings. The minimum absolute atomic E-state index is 0.898. The van der Waals surface area contributed by atoms with Crippen LogP contribution in [0.15, 0.2) is 66.1 Å². The highest BCUT2D eigenvalue weighted by Crippen LogP contribution is 2.23. The van der Waals surface area contributed by atoms with Gasteiger partial charge in [0, 0.05) is 11.4 Å². The van der Waals surface area contributed by atoms with Crippen molar-refractivity contribution in [1.82, 2.24) is 14.8 Å². The standard InChI is InChI=1S/C17H17N3S/c1-2-14-8-10-15(11-9-14)12-21-17-19-18-13-20(17)16-6-4-3-5-7-16/h3-11,13H,2,12H2,1H3. The van der Waals surface area contributed by atoms with Gasteiger partial charge in [-0.1, -0.05) is 61.2 Å². The lowest BCUT2D eigenvalue weighted by molar-refractivity contribution is 0.884. The summed E-state index contributed by atoms with van der Waals surface area (Å²) in [6, 6.07) is 18.9. The molecular formula is C17H17N3S. The monoisotopic (exact) mass is 295 g/mol. The van der Waals surface area contributed by atoms with Gasteiger partial charge in [0.05, 0.1) is 0 Å². The number of rotatable bonds is 5. The predicted molar refractivity (Wildman–Crippen MR) is 86.7 cm³/mol. The molecule has 0 atom stereocenters. The number of para-hydroxylation sites is 1. The Morgan fingerprint density at radius 1 is 0.952 bits per heavy atom. The third kappa shape index (κ3) is 3.34. The molecule has 0 aliphatic rings. The van der Waals surface area contributed by atoms with Crippen LogP contribution in [-0.2, 0) is 12.2 Å². The van der Waals surface area contributed by atoms with Crippen LogP contribution in [0.25, 0.3) is 5.69 Å². The number of nitrogens with zero attached hydrogens (tertiary/aromatic N) is 3. The van der Waals surface area contributed by atoms with E-state index in [0.29, 0.717) is 0 Å². The molecule has 2 aromatic carbocycles. The molecule has 0 radical (unpaired) electrons. The zero-order chi connectivity index (χ0) is 14.5. The highest BCUT2D eigenvalue weighted by Gasteiger charge is 2.07. The number of hydrogen-bond donors (Lipinski definition) is 0. The van der Waals surface area contributed by atoms with Gasteiger partial charge in [-0.2, -0.15) is 0 Å². The first-order valence-electron chi connectivity index (χ1n) is 7.03. The van der Waals surface area contributed by atoms with Crippen molar-refractivity contribution in [2.45, 2.75) is 24.3 Å². The number of hydrogen-bond acceptors (Lipinski definition) is 3. The summed E-state index contributed by atoms with van der Waals surface area (Å²) in [4.78, 5) is 0. The first-order valence-corrected chi connectivity index (χ1v) is 8.01. The first kappa shape index (κ1) is 13.9. The Balaban J connectivity index is 1.72. The SMILES string of the molecule is CCc1ccc(CSc2nncn2-c2ccccc2)cc1. The predicted octanol–water partition coefficient (Wildman–Crippen LogP) is 4.12. The van der Waals surface area contributed by atoms with Crippen LogP contribution in [0.2, 0.25) is 0 Å². The lowest BCUT2D eigenvalue weighted by Crippen LogP contribution is -1.94. The van der Waals surface area contributed by atoms with E-state index in [1.165, 1.54) is 11.1 Å². The highest BCUT2D eigenvalue weighted by atomic mass is 32.2. The molecule has 3 rings (SSSR count). The maximum atomic E-state index is 4.22. The zero-order valence-electron chi connectivity index (χ0n) is 11.9. The van der Waals surface area contributed by atoms with Gasteiger partial charge in [-0.15, -0.1) is 10.2 Å². The van der Waals surface area contributed by atoms with Crippen LogP contribution in [0, 0.1) is 0 Å². The van der Waals surface area contributed by atoms with E-state index in [2.05, 4.69) is 53.5 Å². The topological polar surface area (TPSA) is 30.7 Å². The van der Waals surface area contributed by atoms with Crippen LogP contribution < -0.4 is 0 Å². The molecule has 0 saturated heterocycles. The Morgan fingerprint density at radius 2 is 1.67 bits per heavy atom. The van der Waals surface area contributed by atoms with Gasteiger partial charge in [0.2, 0.25) is 0 Å². The summed E-state index contributed by atoms with van der Waals surface area (Å²) >= 11 is 1.70. The smallest absolute Gasteiger partial charge is 0.195 e. The third-order valence-electron chi connectivity index (χ3n) is 3.35. The number of thioether (sulfide) groups is 1. The lowest BCUT2D eigenvalue weighted by atomic mass is 10.1. The Morgan fingerprint density at radius 3 is 2.38 bits per heavy atom. The van der Waals surface area contributed by atoms with E-state index in [0.717, 1.165) is 23.0 Å². The molecule has 1 aromatic heterocycles. The molecule has 0 saturated carbocycles. The minimum atomic E-state index is 0.898. The zero-order valence-corrected chi connectivity index (χ0v) is 12.8. The van der Waals surface area contributed by atoms with Crippen LogP contribution in [0.4, 0.5) is 0 Å². The Labute approximate surface area is 129 Å². The molecule has 3 nitrogen and oxygen atoms in total. The Kier molecular flexibility index (Phi) is 4.36. The molecule has 3 aromatic rings. The summed E-state index contributed by atoms with van der Waals surface area (Å²) in [5.41, 5.74) is 3.77. The van der Waals surface area contributed by atoms with Crippen molar-refractivity contribution in [3.8, 4) is 5.69 Å². The Bertz CT molecular complexity index is 690. The van der Waals surface area contributed by atoms with Gasteiger partial charge >= 0.3 is 0 Å². The van der Waals surface area contributed by atoms with Crippen molar-refractivity contribution >= 4 is 11.8 Å². The van der Waals surface area contributed by atoms with Crippen LogP contribution in [0.5, 0.6) is 0 Å². The maximum Gasteiger partial charge on any atom is 0.195 e. The van der Waals surface area contributed by atoms with Gasteiger partial charge in [0.1, 0.15) is 6.33 Å². The minimum Gasteiger partial charge on any atom is -0.277 e. The average molecular weight is 295 g/mol. The van der Waals surface area contributed by atoms with Crippen LogP contribution in [0.3, 0.4) is 0 Å². The number of benzene rings is 2. The number of aromatic nitrogens is 3. The molecule has 0 unspecified atom stereocenters. The second-order valence-corrected chi connectivity index (χ2v) is 5.72. The van der Waals surface area contributed by atoms with Gasteiger partial charge in [0.15, 0.2) is 5.16 Å². The molecule has 1 heterocycles. The summed E-state index contributed by atoms with van der Waals surface area (Å²) in [6.07, 6.45) is 2.84. The van der Waals surface area contributed by atoms with Crippen molar-refractivity contribution in [3.05, 3.63) is 72.1 Å². The van der Waals surface area contributed by atoms with Crippen LogP contribution >= 0.6 is 11.8 Å². The molecule has 106 valence electrons. The molecule has 4 heteroatoms. The fraction of sp³-hybridized carbons (Fsp3) is 0.176. The summed E-state index contributed by atoms with van der Waals surface area (Å²) in [6.45, 7) is 2.17. The number of aryl methyl sites for hydroxylation is 1. The summed E-state index contributed by atoms with van der Waals surface area (Å²) in [5, 5.41) is 9.16. The third-order valence-corrected chi connectivity index (χ3v) is 4.36. The lowest BCUT2D eigenvalue weighted by Gasteiger charge is -2.06. The fourth-order valence-electron chi connectivity index (χ4n) is 2.11. The molecule has 0 aliphatic heterocycles. The summed E-state index contributed by atoms with van der Waals surface area (Å²) in [7, 11) is 0. The first-order chi connectivity index (χ1) is 10.4. The van der Waals surface area contributed by atoms with E-state index in [4.69, 9.17) is 0 Å². The van der Waals surface area contributed by atoms with Gasteiger partial charge in [-0.25, -0.2) is 0 Å². The second-order valence-electron chi connectivity index (χ2n) is 4.78. The van der Waals surface area contributed by atoms with Crippen molar-refractivity contribution in [2.24, 2.45) is 0 Å². The molecule has 0 N–H and O–H groups in total. The van der Waals surface area contributed by atoms with Crippen molar-refractivity contribution in [2.75, 3.05) is 0 Å². The van der Waals surface area contributed by atoms with Gasteiger partial charge in [-0.3, -0.25) is 4.57 Å². The average Bonchev–Trinajstić information content (AvgIpc) is 3.03. The fourth-order valence-corrected chi connectivity index (χ4v) is 2.99. The molecule has 0 amide bonds. The van der Waals surface area contributed by atoms with Crippen molar-refractivity contribution in [3.63, 3.8) is 0 Å².